The van der Waals surface area contributed by atoms with Gasteiger partial charge in [-0.15, -0.1) is 0 Å². The van der Waals surface area contributed by atoms with E-state index < -0.39 is 0 Å². The summed E-state index contributed by atoms with van der Waals surface area (Å²) >= 11 is 0. The summed E-state index contributed by atoms with van der Waals surface area (Å²) in [5, 5.41) is 2.91. The lowest BCUT2D eigenvalue weighted by molar-refractivity contribution is -0.118. The molecule has 0 aliphatic heterocycles. The molecule has 1 aliphatic carbocycles. The van der Waals surface area contributed by atoms with E-state index >= 15 is 0 Å². The molecule has 0 spiro atoms. The van der Waals surface area contributed by atoms with Gasteiger partial charge < -0.3 is 15.8 Å². The summed E-state index contributed by atoms with van der Waals surface area (Å²) in [6.45, 7) is 1.76. The number of benzene rings is 1. The standard InChI is InChI=1S/C15H23N3O2/c1-20-14-7-2-4-12(10-14)17-15(19)11-18(9-8-16)13-5-3-6-13/h2,4,7,10,13H,3,5-6,8-9,11,16H2,1H3,(H,17,19). The second-order valence-corrected chi connectivity index (χ2v) is 5.12. The lowest BCUT2D eigenvalue weighted by atomic mass is 9.91. The van der Waals surface area contributed by atoms with E-state index in [4.69, 9.17) is 10.5 Å². The largest absolute Gasteiger partial charge is 0.497 e. The minimum atomic E-state index is -0.00129. The summed E-state index contributed by atoms with van der Waals surface area (Å²) < 4.78 is 5.14. The number of ether oxygens (including phenoxy) is 1. The monoisotopic (exact) mass is 277 g/mol. The SMILES string of the molecule is COc1cccc(NC(=O)CN(CCN)C2CCC2)c1. The number of hydrogen-bond donors (Lipinski definition) is 2. The van der Waals surface area contributed by atoms with Gasteiger partial charge in [0.25, 0.3) is 0 Å². The number of anilines is 1. The van der Waals surface area contributed by atoms with Crippen LogP contribution in [0, 0.1) is 0 Å². The zero-order valence-corrected chi connectivity index (χ0v) is 12.0. The first-order chi connectivity index (χ1) is 9.72. The van der Waals surface area contributed by atoms with Crippen LogP contribution < -0.4 is 15.8 Å². The van der Waals surface area contributed by atoms with Crippen LogP contribution in [0.1, 0.15) is 19.3 Å². The molecule has 110 valence electrons. The van der Waals surface area contributed by atoms with Crippen molar-refractivity contribution in [3.05, 3.63) is 24.3 Å². The van der Waals surface area contributed by atoms with Gasteiger partial charge in [0.2, 0.25) is 5.91 Å². The maximum Gasteiger partial charge on any atom is 0.238 e. The van der Waals surface area contributed by atoms with Gasteiger partial charge in [-0.2, -0.15) is 0 Å². The molecule has 0 saturated heterocycles. The van der Waals surface area contributed by atoms with Crippen LogP contribution >= 0.6 is 0 Å². The minimum absolute atomic E-state index is 0.00129. The number of methoxy groups -OCH3 is 1. The number of amides is 1. The van der Waals surface area contributed by atoms with E-state index in [9.17, 15) is 4.79 Å². The molecule has 5 nitrogen and oxygen atoms in total. The molecule has 1 saturated carbocycles. The van der Waals surface area contributed by atoms with Crippen LogP contribution in [-0.2, 0) is 4.79 Å². The predicted octanol–water partition coefficient (Wildman–Crippen LogP) is 1.45. The normalized spacial score (nSPS) is 14.9. The van der Waals surface area contributed by atoms with Crippen molar-refractivity contribution < 1.29 is 9.53 Å². The molecule has 1 aliphatic rings. The molecule has 0 heterocycles. The third-order valence-corrected chi connectivity index (χ3v) is 3.71. The van der Waals surface area contributed by atoms with Gasteiger partial charge in [0.15, 0.2) is 0 Å². The Kier molecular flexibility index (Phi) is 5.38. The molecule has 1 amide bonds. The van der Waals surface area contributed by atoms with Crippen LogP contribution in [-0.4, -0.2) is 43.6 Å². The van der Waals surface area contributed by atoms with Gasteiger partial charge in [-0.05, 0) is 25.0 Å². The summed E-state index contributed by atoms with van der Waals surface area (Å²) in [5.41, 5.74) is 6.38. The molecule has 0 atom stereocenters. The van der Waals surface area contributed by atoms with E-state index in [0.29, 0.717) is 19.1 Å². The van der Waals surface area contributed by atoms with Crippen LogP contribution in [0.25, 0.3) is 0 Å². The first kappa shape index (κ1) is 14.8. The highest BCUT2D eigenvalue weighted by Crippen LogP contribution is 2.24. The van der Waals surface area contributed by atoms with Crippen LogP contribution in [0.5, 0.6) is 5.75 Å². The highest BCUT2D eigenvalue weighted by molar-refractivity contribution is 5.92. The lowest BCUT2D eigenvalue weighted by Gasteiger charge is -2.36. The van der Waals surface area contributed by atoms with Crippen molar-refractivity contribution in [3.8, 4) is 5.75 Å². The van der Waals surface area contributed by atoms with E-state index in [0.717, 1.165) is 18.0 Å². The van der Waals surface area contributed by atoms with Crippen molar-refractivity contribution in [1.29, 1.82) is 0 Å². The average molecular weight is 277 g/mol. The second-order valence-electron chi connectivity index (χ2n) is 5.12. The summed E-state index contributed by atoms with van der Waals surface area (Å²) in [4.78, 5) is 14.3. The van der Waals surface area contributed by atoms with Crippen molar-refractivity contribution in [2.45, 2.75) is 25.3 Å². The second kappa shape index (κ2) is 7.26. The molecule has 20 heavy (non-hydrogen) atoms. The predicted molar refractivity (Wildman–Crippen MR) is 79.9 cm³/mol. The van der Waals surface area contributed by atoms with Gasteiger partial charge in [-0.25, -0.2) is 0 Å². The van der Waals surface area contributed by atoms with Gasteiger partial charge in [0.05, 0.1) is 13.7 Å². The third-order valence-electron chi connectivity index (χ3n) is 3.71. The first-order valence-electron chi connectivity index (χ1n) is 7.11. The number of nitrogens with two attached hydrogens (primary N) is 1. The molecule has 0 radical (unpaired) electrons. The maximum atomic E-state index is 12.1. The van der Waals surface area contributed by atoms with Gasteiger partial charge in [-0.3, -0.25) is 9.69 Å². The van der Waals surface area contributed by atoms with Crippen molar-refractivity contribution in [3.63, 3.8) is 0 Å². The van der Waals surface area contributed by atoms with Crippen LogP contribution in [0.4, 0.5) is 5.69 Å². The Labute approximate surface area is 120 Å². The van der Waals surface area contributed by atoms with Crippen molar-refractivity contribution in [2.75, 3.05) is 32.1 Å². The number of nitrogens with zero attached hydrogens (tertiary/aromatic N) is 1. The van der Waals surface area contributed by atoms with Gasteiger partial charge in [0, 0.05) is 30.9 Å². The maximum absolute atomic E-state index is 12.1. The number of carbonyl (C=O) groups excluding carboxylic acids is 1. The first-order valence-corrected chi connectivity index (χ1v) is 7.11. The molecule has 1 aromatic carbocycles. The summed E-state index contributed by atoms with van der Waals surface area (Å²) in [5.74, 6) is 0.735. The molecule has 3 N–H and O–H groups in total. The Morgan fingerprint density at radius 3 is 2.90 bits per heavy atom. The van der Waals surface area contributed by atoms with Crippen molar-refractivity contribution >= 4 is 11.6 Å². The lowest BCUT2D eigenvalue weighted by Crippen LogP contribution is -2.46. The van der Waals surface area contributed by atoms with Gasteiger partial charge in [0.1, 0.15) is 5.75 Å². The highest BCUT2D eigenvalue weighted by Gasteiger charge is 2.25. The summed E-state index contributed by atoms with van der Waals surface area (Å²) in [6, 6.07) is 7.91. The van der Waals surface area contributed by atoms with Crippen LogP contribution in [0.3, 0.4) is 0 Å². The zero-order valence-electron chi connectivity index (χ0n) is 12.0. The third kappa shape index (κ3) is 3.95. The zero-order chi connectivity index (χ0) is 14.4. The van der Waals surface area contributed by atoms with E-state index in [1.807, 2.05) is 24.3 Å². The highest BCUT2D eigenvalue weighted by atomic mass is 16.5. The summed E-state index contributed by atoms with van der Waals surface area (Å²) in [7, 11) is 1.61. The number of hydrogen-bond acceptors (Lipinski definition) is 4. The molecule has 0 bridgehead atoms. The Morgan fingerprint density at radius 2 is 2.30 bits per heavy atom. The van der Waals surface area contributed by atoms with E-state index in [2.05, 4.69) is 10.2 Å². The van der Waals surface area contributed by atoms with Gasteiger partial charge >= 0.3 is 0 Å². The fourth-order valence-corrected chi connectivity index (χ4v) is 2.39. The fourth-order valence-electron chi connectivity index (χ4n) is 2.39. The molecule has 1 fully saturated rings. The van der Waals surface area contributed by atoms with Crippen molar-refractivity contribution in [1.82, 2.24) is 4.90 Å². The van der Waals surface area contributed by atoms with E-state index in [1.165, 1.54) is 19.3 Å². The molecule has 1 aromatic rings. The molecular weight excluding hydrogens is 254 g/mol. The molecular formula is C15H23N3O2. The minimum Gasteiger partial charge on any atom is -0.497 e. The molecule has 5 heteroatoms. The Bertz CT molecular complexity index is 446. The smallest absolute Gasteiger partial charge is 0.238 e. The fraction of sp³-hybridized carbons (Fsp3) is 0.533. The Balaban J connectivity index is 1.89. The molecule has 0 unspecified atom stereocenters. The Hall–Kier alpha value is -1.59. The summed E-state index contributed by atoms with van der Waals surface area (Å²) in [6.07, 6.45) is 3.60. The van der Waals surface area contributed by atoms with Crippen molar-refractivity contribution in [2.24, 2.45) is 5.73 Å². The number of nitrogens with one attached hydrogen (secondary N) is 1. The number of carbonyl (C=O) groups is 1. The molecule has 0 aromatic heterocycles. The van der Waals surface area contributed by atoms with E-state index in [1.54, 1.807) is 7.11 Å². The average Bonchev–Trinajstić information content (AvgIpc) is 2.37. The molecule has 2 rings (SSSR count). The van der Waals surface area contributed by atoms with Gasteiger partial charge in [-0.1, -0.05) is 12.5 Å². The quantitative estimate of drug-likeness (QED) is 0.791. The van der Waals surface area contributed by atoms with Crippen LogP contribution in [0.2, 0.25) is 0 Å². The number of rotatable bonds is 7. The Morgan fingerprint density at radius 1 is 1.50 bits per heavy atom. The van der Waals surface area contributed by atoms with Crippen LogP contribution in [0.15, 0.2) is 24.3 Å². The van der Waals surface area contributed by atoms with E-state index in [-0.39, 0.29) is 5.91 Å². The topological polar surface area (TPSA) is 67.6 Å².